The molecule has 0 saturated heterocycles. The molecule has 0 atom stereocenters. The molecule has 0 spiro atoms. The van der Waals surface area contributed by atoms with E-state index in [2.05, 4.69) is 15.5 Å². The molecule has 4 aromatic carbocycles. The first kappa shape index (κ1) is 26.7. The molecule has 35 heavy (non-hydrogen) atoms. The number of nitrogens with one attached hydrogen (secondary N) is 1. The molecule has 174 valence electrons. The van der Waals surface area contributed by atoms with Crippen LogP contribution in [0.2, 0.25) is 0 Å². The molecule has 4 aromatic rings. The number of para-hydroxylation sites is 1. The van der Waals surface area contributed by atoms with Crippen LogP contribution in [-0.2, 0) is 10.1 Å². The van der Waals surface area contributed by atoms with Crippen LogP contribution in [0.5, 0.6) is 11.5 Å². The predicted molar refractivity (Wildman–Crippen MR) is 130 cm³/mol. The van der Waals surface area contributed by atoms with Gasteiger partial charge in [-0.15, -0.1) is 10.2 Å². The van der Waals surface area contributed by atoms with E-state index in [0.29, 0.717) is 27.9 Å². The van der Waals surface area contributed by atoms with Crippen LogP contribution >= 0.6 is 0 Å². The Morgan fingerprint density at radius 3 is 2.26 bits per heavy atom. The molecule has 0 bridgehead atoms. The average Bonchev–Trinajstić information content (AvgIpc) is 2.80. The largest absolute Gasteiger partial charge is 1.00 e. The number of azo groups is 1. The fourth-order valence-corrected chi connectivity index (χ4v) is 4.17. The third kappa shape index (κ3) is 5.83. The third-order valence-electron chi connectivity index (χ3n) is 5.44. The molecule has 2 N–H and O–H groups in total. The van der Waals surface area contributed by atoms with Crippen LogP contribution in [0.25, 0.3) is 10.8 Å². The van der Waals surface area contributed by atoms with E-state index < -0.39 is 26.5 Å². The van der Waals surface area contributed by atoms with Crippen LogP contribution in [0.4, 0.5) is 22.7 Å². The van der Waals surface area contributed by atoms with Gasteiger partial charge < -0.3 is 19.7 Å². The van der Waals surface area contributed by atoms with Gasteiger partial charge in [-0.2, -0.15) is 0 Å². The molecular weight excluding hydrogens is 477 g/mol. The number of benzene rings is 4. The summed E-state index contributed by atoms with van der Waals surface area (Å²) < 4.78 is 41.5. The van der Waals surface area contributed by atoms with Crippen LogP contribution in [0.3, 0.4) is 0 Å². The van der Waals surface area contributed by atoms with Crippen LogP contribution in [0.1, 0.15) is 11.1 Å². The zero-order valence-electron chi connectivity index (χ0n) is 19.7. The number of phenols is 1. The molecule has 0 saturated carbocycles. The zero-order chi connectivity index (χ0) is 24.5. The number of hydrogen-bond acceptors (Lipinski definition) is 8. The number of aromatic hydroxyl groups is 1. The molecule has 0 amide bonds. The molecule has 0 aromatic heterocycles. The number of ether oxygens (including phenoxy) is 1. The van der Waals surface area contributed by atoms with Gasteiger partial charge in [0.1, 0.15) is 27.2 Å². The van der Waals surface area contributed by atoms with Crippen molar-refractivity contribution in [3.05, 3.63) is 77.9 Å². The average molecular weight is 500 g/mol. The molecule has 0 aliphatic rings. The van der Waals surface area contributed by atoms with E-state index in [1.807, 2.05) is 44.2 Å². The fourth-order valence-electron chi connectivity index (χ4n) is 3.52. The smallest absolute Gasteiger partial charge is 0.744 e. The first-order chi connectivity index (χ1) is 16.2. The first-order valence-electron chi connectivity index (χ1n) is 10.3. The summed E-state index contributed by atoms with van der Waals surface area (Å²) >= 11 is 0. The van der Waals surface area contributed by atoms with E-state index in [1.165, 1.54) is 13.2 Å². The van der Waals surface area contributed by atoms with E-state index in [-0.39, 0.29) is 29.6 Å². The van der Waals surface area contributed by atoms with Crippen molar-refractivity contribution >= 4 is 43.6 Å². The molecule has 0 aliphatic carbocycles. The number of hydrogen-bond donors (Lipinski definition) is 2. The van der Waals surface area contributed by atoms with Gasteiger partial charge in [-0.25, -0.2) is 8.42 Å². The van der Waals surface area contributed by atoms with Crippen molar-refractivity contribution in [1.82, 2.24) is 0 Å². The number of anilines is 2. The number of phenolic OH excluding ortho intramolecular Hbond substituents is 1. The van der Waals surface area contributed by atoms with E-state index in [0.717, 1.165) is 16.8 Å². The Hall–Kier alpha value is -2.95. The molecule has 0 fully saturated rings. The third-order valence-corrected chi connectivity index (χ3v) is 6.29. The Kier molecular flexibility index (Phi) is 8.19. The summed E-state index contributed by atoms with van der Waals surface area (Å²) in [4.78, 5) is -0.666. The fraction of sp³-hybridized carbons (Fsp3) is 0.120. The molecule has 0 heterocycles. The number of nitrogens with zero attached hydrogens (tertiary/aromatic N) is 2. The van der Waals surface area contributed by atoms with Gasteiger partial charge in [-0.05, 0) is 78.9 Å². The Balaban J connectivity index is 0.00000342. The second-order valence-electron chi connectivity index (χ2n) is 7.76. The number of methoxy groups -OCH3 is 1. The zero-order valence-corrected chi connectivity index (χ0v) is 22.6. The van der Waals surface area contributed by atoms with Crippen molar-refractivity contribution < 1.29 is 52.4 Å². The summed E-state index contributed by atoms with van der Waals surface area (Å²) in [6, 6.07) is 19.1. The van der Waals surface area contributed by atoms with Crippen molar-refractivity contribution in [3.63, 3.8) is 0 Å². The van der Waals surface area contributed by atoms with Gasteiger partial charge >= 0.3 is 29.6 Å². The Bertz CT molecular complexity index is 1520. The summed E-state index contributed by atoms with van der Waals surface area (Å²) in [5, 5.41) is 22.8. The molecule has 8 nitrogen and oxygen atoms in total. The normalized spacial score (nSPS) is 11.4. The molecule has 0 unspecified atom stereocenters. The van der Waals surface area contributed by atoms with Crippen molar-refractivity contribution in [2.75, 3.05) is 12.4 Å². The van der Waals surface area contributed by atoms with E-state index in [9.17, 15) is 18.1 Å². The monoisotopic (exact) mass is 499 g/mol. The Morgan fingerprint density at radius 1 is 0.914 bits per heavy atom. The first-order valence-corrected chi connectivity index (χ1v) is 11.7. The summed E-state index contributed by atoms with van der Waals surface area (Å²) in [6.07, 6.45) is 0. The van der Waals surface area contributed by atoms with Gasteiger partial charge in [-0.3, -0.25) is 0 Å². The van der Waals surface area contributed by atoms with E-state index in [4.69, 9.17) is 4.74 Å². The van der Waals surface area contributed by atoms with Crippen LogP contribution in [0, 0.1) is 13.8 Å². The minimum atomic E-state index is -4.97. The van der Waals surface area contributed by atoms with Gasteiger partial charge in [0.05, 0.1) is 12.0 Å². The van der Waals surface area contributed by atoms with Crippen molar-refractivity contribution in [2.45, 2.75) is 18.7 Å². The minimum absolute atomic E-state index is 0. The van der Waals surface area contributed by atoms with Crippen molar-refractivity contribution in [3.8, 4) is 11.5 Å². The maximum absolute atomic E-state index is 12.1. The summed E-state index contributed by atoms with van der Waals surface area (Å²) in [7, 11) is -3.49. The van der Waals surface area contributed by atoms with E-state index >= 15 is 0 Å². The number of rotatable bonds is 6. The van der Waals surface area contributed by atoms with Crippen molar-refractivity contribution in [1.29, 1.82) is 0 Å². The van der Waals surface area contributed by atoms with E-state index in [1.54, 1.807) is 30.3 Å². The van der Waals surface area contributed by atoms with Gasteiger partial charge in [0.2, 0.25) is 0 Å². The Labute approximate surface area is 225 Å². The number of aryl methyl sites for hydroxylation is 2. The molecule has 0 radical (unpaired) electrons. The molecule has 10 heteroatoms. The second-order valence-corrected chi connectivity index (χ2v) is 9.11. The summed E-state index contributed by atoms with van der Waals surface area (Å²) in [5.74, 6) is -0.0278. The maximum Gasteiger partial charge on any atom is 1.00 e. The standard InChI is InChI=1S/C25H23N3O5S.Na/c1-15-11-21(22(33-3)12-16(15)2)27-28-24-23(34(30,31)32)14-17-13-19(9-10-20(17)25(24)29)26-18-7-5-4-6-8-18;/h4-14,26,29H,1-3H3,(H,30,31,32);/q;+1/p-1. The quantitative estimate of drug-likeness (QED) is 0.239. The van der Waals surface area contributed by atoms with Gasteiger partial charge in [0.25, 0.3) is 0 Å². The maximum atomic E-state index is 12.1. The number of fused-ring (bicyclic) bond motifs is 1. The summed E-state index contributed by atoms with van der Waals surface area (Å²) in [6.45, 7) is 3.80. The Morgan fingerprint density at radius 2 is 1.60 bits per heavy atom. The van der Waals surface area contributed by atoms with Crippen LogP contribution < -0.4 is 39.6 Å². The van der Waals surface area contributed by atoms with Gasteiger partial charge in [-0.1, -0.05) is 18.2 Å². The van der Waals surface area contributed by atoms with Gasteiger partial charge in [0, 0.05) is 16.8 Å². The SMILES string of the molecule is COc1cc(C)c(C)cc1N=Nc1c(S(=O)(=O)[O-])cc2cc(Nc3ccccc3)ccc2c1O.[Na+]. The second kappa shape index (κ2) is 10.8. The molecular formula is C25H22N3NaO5S. The minimum Gasteiger partial charge on any atom is -0.744 e. The van der Waals surface area contributed by atoms with Crippen LogP contribution in [0.15, 0.2) is 81.9 Å². The van der Waals surface area contributed by atoms with Crippen molar-refractivity contribution in [2.24, 2.45) is 10.2 Å². The summed E-state index contributed by atoms with van der Waals surface area (Å²) in [5.41, 5.74) is 3.30. The molecule has 4 rings (SSSR count). The molecule has 0 aliphatic heterocycles. The predicted octanol–water partition coefficient (Wildman–Crippen LogP) is 3.24. The topological polar surface area (TPSA) is 123 Å². The van der Waals surface area contributed by atoms with Crippen LogP contribution in [-0.4, -0.2) is 25.2 Å². The van der Waals surface area contributed by atoms with Gasteiger partial charge in [0.15, 0.2) is 5.75 Å².